The monoisotopic (exact) mass is 190 g/mol. The summed E-state index contributed by atoms with van der Waals surface area (Å²) in [7, 11) is 0. The first-order chi connectivity index (χ1) is 6.61. The molecule has 0 aliphatic heterocycles. The highest BCUT2D eigenvalue weighted by molar-refractivity contribution is 5.95. The van der Waals surface area contributed by atoms with Crippen molar-refractivity contribution in [2.24, 2.45) is 5.92 Å². The Hall–Kier alpha value is -1.57. The molecular formula is C12H14O2. The second-order valence-corrected chi connectivity index (χ2v) is 3.45. The quantitative estimate of drug-likeness (QED) is 0.744. The molecule has 0 spiro atoms. The molecule has 74 valence electrons. The van der Waals surface area contributed by atoms with Crippen LogP contribution in [0.1, 0.15) is 19.4 Å². The number of aromatic hydroxyl groups is 1. The molecule has 0 saturated heterocycles. The number of benzene rings is 1. The van der Waals surface area contributed by atoms with Crippen LogP contribution < -0.4 is 0 Å². The summed E-state index contributed by atoms with van der Waals surface area (Å²) >= 11 is 0. The van der Waals surface area contributed by atoms with E-state index in [9.17, 15) is 9.90 Å². The van der Waals surface area contributed by atoms with E-state index in [1.54, 1.807) is 24.3 Å². The average Bonchev–Trinajstić information content (AvgIpc) is 2.16. The summed E-state index contributed by atoms with van der Waals surface area (Å²) in [6.45, 7) is 3.69. The van der Waals surface area contributed by atoms with Crippen molar-refractivity contribution in [3.05, 3.63) is 35.9 Å². The van der Waals surface area contributed by atoms with Crippen LogP contribution in [0.15, 0.2) is 30.3 Å². The van der Waals surface area contributed by atoms with Gasteiger partial charge in [-0.2, -0.15) is 0 Å². The summed E-state index contributed by atoms with van der Waals surface area (Å²) in [6, 6.07) is 6.93. The molecule has 2 nitrogen and oxygen atoms in total. The predicted octanol–water partition coefficient (Wildman–Crippen LogP) is 2.63. The van der Waals surface area contributed by atoms with Crippen LogP contribution in [0.5, 0.6) is 5.75 Å². The van der Waals surface area contributed by atoms with Crippen molar-refractivity contribution in [1.29, 1.82) is 0 Å². The minimum absolute atomic E-state index is 0.00268. The Morgan fingerprint density at radius 3 is 2.57 bits per heavy atom. The molecule has 2 heteroatoms. The van der Waals surface area contributed by atoms with Crippen molar-refractivity contribution in [2.75, 3.05) is 0 Å². The van der Waals surface area contributed by atoms with E-state index in [4.69, 9.17) is 0 Å². The number of para-hydroxylation sites is 1. The normalized spacial score (nSPS) is 11.1. The van der Waals surface area contributed by atoms with Gasteiger partial charge in [0.2, 0.25) is 0 Å². The molecule has 0 radical (unpaired) electrons. The number of allylic oxidation sites excluding steroid dienone is 1. The van der Waals surface area contributed by atoms with Gasteiger partial charge < -0.3 is 5.11 Å². The number of hydrogen-bond donors (Lipinski definition) is 1. The molecule has 1 rings (SSSR count). The fourth-order valence-corrected chi connectivity index (χ4v) is 0.993. The molecule has 0 aliphatic rings. The van der Waals surface area contributed by atoms with Gasteiger partial charge in [-0.25, -0.2) is 0 Å². The lowest BCUT2D eigenvalue weighted by Gasteiger charge is -1.98. The molecule has 1 aromatic rings. The van der Waals surface area contributed by atoms with Crippen LogP contribution in [0.3, 0.4) is 0 Å². The van der Waals surface area contributed by atoms with Crippen LogP contribution in [0.4, 0.5) is 0 Å². The minimum Gasteiger partial charge on any atom is -0.507 e. The molecule has 0 heterocycles. The third kappa shape index (κ3) is 2.73. The summed E-state index contributed by atoms with van der Waals surface area (Å²) < 4.78 is 0. The van der Waals surface area contributed by atoms with Crippen molar-refractivity contribution in [3.63, 3.8) is 0 Å². The van der Waals surface area contributed by atoms with Gasteiger partial charge in [0.15, 0.2) is 5.78 Å². The number of carbonyl (C=O) groups excluding carboxylic acids is 1. The summed E-state index contributed by atoms with van der Waals surface area (Å²) in [5.41, 5.74) is 0.668. The Morgan fingerprint density at radius 1 is 1.36 bits per heavy atom. The molecule has 0 unspecified atom stereocenters. The maximum absolute atomic E-state index is 11.3. The van der Waals surface area contributed by atoms with Crippen molar-refractivity contribution in [2.45, 2.75) is 13.8 Å². The fraction of sp³-hybridized carbons (Fsp3) is 0.250. The topological polar surface area (TPSA) is 37.3 Å². The molecule has 0 atom stereocenters. The first kappa shape index (κ1) is 10.5. The van der Waals surface area contributed by atoms with Crippen LogP contribution in [0.2, 0.25) is 0 Å². The van der Waals surface area contributed by atoms with Crippen LogP contribution in [0, 0.1) is 5.92 Å². The zero-order chi connectivity index (χ0) is 10.6. The molecule has 0 saturated carbocycles. The van der Waals surface area contributed by atoms with E-state index >= 15 is 0 Å². The maximum atomic E-state index is 11.3. The average molecular weight is 190 g/mol. The number of rotatable bonds is 3. The van der Waals surface area contributed by atoms with E-state index in [2.05, 4.69) is 0 Å². The molecule has 0 fully saturated rings. The zero-order valence-electron chi connectivity index (χ0n) is 8.40. The SMILES string of the molecule is CC(C)C(=O)/C=C/c1ccccc1O. The highest BCUT2D eigenvalue weighted by atomic mass is 16.3. The molecule has 14 heavy (non-hydrogen) atoms. The summed E-state index contributed by atoms with van der Waals surface area (Å²) in [6.07, 6.45) is 3.14. The van der Waals surface area contributed by atoms with E-state index in [0.29, 0.717) is 5.56 Å². The van der Waals surface area contributed by atoms with Gasteiger partial charge in [-0.05, 0) is 18.2 Å². The largest absolute Gasteiger partial charge is 0.507 e. The molecule has 1 N–H and O–H groups in total. The van der Waals surface area contributed by atoms with Gasteiger partial charge in [-0.1, -0.05) is 32.0 Å². The third-order valence-corrected chi connectivity index (χ3v) is 1.93. The highest BCUT2D eigenvalue weighted by Crippen LogP contribution is 2.17. The van der Waals surface area contributed by atoms with Crippen molar-refractivity contribution >= 4 is 11.9 Å². The molecule has 0 bridgehead atoms. The van der Waals surface area contributed by atoms with Gasteiger partial charge in [0.05, 0.1) is 0 Å². The predicted molar refractivity (Wildman–Crippen MR) is 57.0 cm³/mol. The summed E-state index contributed by atoms with van der Waals surface area (Å²) in [5, 5.41) is 9.40. The first-order valence-electron chi connectivity index (χ1n) is 4.61. The summed E-state index contributed by atoms with van der Waals surface area (Å²) in [4.78, 5) is 11.3. The van der Waals surface area contributed by atoms with Gasteiger partial charge in [0.1, 0.15) is 5.75 Å². The number of ketones is 1. The van der Waals surface area contributed by atoms with E-state index in [-0.39, 0.29) is 17.5 Å². The fourth-order valence-electron chi connectivity index (χ4n) is 0.993. The van der Waals surface area contributed by atoms with Crippen molar-refractivity contribution < 1.29 is 9.90 Å². The van der Waals surface area contributed by atoms with Crippen LogP contribution >= 0.6 is 0 Å². The van der Waals surface area contributed by atoms with Crippen LogP contribution in [-0.2, 0) is 4.79 Å². The highest BCUT2D eigenvalue weighted by Gasteiger charge is 2.02. The van der Waals surface area contributed by atoms with Crippen LogP contribution in [-0.4, -0.2) is 10.9 Å². The van der Waals surface area contributed by atoms with Gasteiger partial charge in [0.25, 0.3) is 0 Å². The molecule has 1 aromatic carbocycles. The number of hydrogen-bond acceptors (Lipinski definition) is 2. The molecule has 0 aromatic heterocycles. The number of phenolic OH excluding ortho intramolecular Hbond substituents is 1. The van der Waals surface area contributed by atoms with Crippen molar-refractivity contribution in [1.82, 2.24) is 0 Å². The molecule has 0 aliphatic carbocycles. The third-order valence-electron chi connectivity index (χ3n) is 1.93. The van der Waals surface area contributed by atoms with E-state index in [0.717, 1.165) is 0 Å². The minimum atomic E-state index is -0.00268. The Labute approximate surface area is 83.9 Å². The Morgan fingerprint density at radius 2 is 2.00 bits per heavy atom. The number of phenols is 1. The van der Waals surface area contributed by atoms with Gasteiger partial charge in [0, 0.05) is 11.5 Å². The van der Waals surface area contributed by atoms with Crippen LogP contribution in [0.25, 0.3) is 6.08 Å². The lowest BCUT2D eigenvalue weighted by atomic mass is 10.1. The second-order valence-electron chi connectivity index (χ2n) is 3.45. The smallest absolute Gasteiger partial charge is 0.158 e. The zero-order valence-corrected chi connectivity index (χ0v) is 8.40. The first-order valence-corrected chi connectivity index (χ1v) is 4.61. The van der Waals surface area contributed by atoms with Crippen molar-refractivity contribution in [3.8, 4) is 5.75 Å². The summed E-state index contributed by atoms with van der Waals surface area (Å²) in [5.74, 6) is 0.255. The van der Waals surface area contributed by atoms with Gasteiger partial charge >= 0.3 is 0 Å². The van der Waals surface area contributed by atoms with E-state index in [1.807, 2.05) is 19.9 Å². The van der Waals surface area contributed by atoms with Gasteiger partial charge in [-0.15, -0.1) is 0 Å². The van der Waals surface area contributed by atoms with E-state index < -0.39 is 0 Å². The molecular weight excluding hydrogens is 176 g/mol. The Bertz CT molecular complexity index is 351. The van der Waals surface area contributed by atoms with Gasteiger partial charge in [-0.3, -0.25) is 4.79 Å². The van der Waals surface area contributed by atoms with E-state index in [1.165, 1.54) is 6.08 Å². The number of carbonyl (C=O) groups is 1. The lowest BCUT2D eigenvalue weighted by Crippen LogP contribution is -2.01. The standard InChI is InChI=1S/C12H14O2/c1-9(2)11(13)8-7-10-5-3-4-6-12(10)14/h3-9,14H,1-2H3/b8-7+. The Kier molecular flexibility index (Phi) is 3.46. The molecule has 0 amide bonds. The Balaban J connectivity index is 2.79. The second kappa shape index (κ2) is 4.61. The lowest BCUT2D eigenvalue weighted by molar-refractivity contribution is -0.117. The maximum Gasteiger partial charge on any atom is 0.158 e.